The van der Waals surface area contributed by atoms with E-state index < -0.39 is 5.97 Å². The van der Waals surface area contributed by atoms with E-state index in [1.54, 1.807) is 26.0 Å². The monoisotopic (exact) mass is 401 g/mol. The van der Waals surface area contributed by atoms with Gasteiger partial charge in [0.25, 0.3) is 5.91 Å². The number of carbonyl (C=O) groups is 2. The van der Waals surface area contributed by atoms with E-state index >= 15 is 0 Å². The van der Waals surface area contributed by atoms with Gasteiger partial charge in [0.15, 0.2) is 0 Å². The van der Waals surface area contributed by atoms with Crippen molar-refractivity contribution in [2.75, 3.05) is 11.9 Å². The lowest BCUT2D eigenvalue weighted by Gasteiger charge is -2.08. The summed E-state index contributed by atoms with van der Waals surface area (Å²) in [5, 5.41) is 4.00. The lowest BCUT2D eigenvalue weighted by atomic mass is 10.2. The van der Waals surface area contributed by atoms with E-state index in [-0.39, 0.29) is 18.1 Å². The number of aromatic nitrogens is 2. The van der Waals surface area contributed by atoms with E-state index in [9.17, 15) is 9.59 Å². The third-order valence-corrected chi connectivity index (χ3v) is 5.04. The lowest BCUT2D eigenvalue weighted by Crippen LogP contribution is -2.13. The van der Waals surface area contributed by atoms with Crippen LogP contribution in [0.1, 0.15) is 32.6 Å². The lowest BCUT2D eigenvalue weighted by molar-refractivity contribution is 0.0525. The smallest absolute Gasteiger partial charge is 0.339 e. The number of carbonyl (C=O) groups excluding carboxylic acids is 2. The first-order chi connectivity index (χ1) is 13.0. The normalized spacial score (nSPS) is 10.5. The van der Waals surface area contributed by atoms with Crippen LogP contribution in [0.15, 0.2) is 42.7 Å². The van der Waals surface area contributed by atoms with E-state index in [1.165, 1.54) is 23.7 Å². The fraction of sp³-hybridized carbons (Fsp3) is 0.158. The fourth-order valence-electron chi connectivity index (χ4n) is 2.31. The molecule has 0 unspecified atom stereocenters. The Hall–Kier alpha value is -2.77. The summed E-state index contributed by atoms with van der Waals surface area (Å²) in [5.74, 6) is -0.823. The Kier molecular flexibility index (Phi) is 5.83. The van der Waals surface area contributed by atoms with Crippen molar-refractivity contribution in [3.8, 4) is 10.6 Å². The molecule has 3 rings (SSSR count). The second kappa shape index (κ2) is 8.28. The Balaban J connectivity index is 1.81. The highest BCUT2D eigenvalue weighted by atomic mass is 35.5. The summed E-state index contributed by atoms with van der Waals surface area (Å²) in [4.78, 5) is 33.3. The molecule has 1 N–H and O–H groups in total. The molecule has 2 heterocycles. The van der Waals surface area contributed by atoms with Crippen LogP contribution in [-0.2, 0) is 4.74 Å². The van der Waals surface area contributed by atoms with Crippen LogP contribution in [-0.4, -0.2) is 28.5 Å². The van der Waals surface area contributed by atoms with E-state index in [1.807, 2.05) is 18.2 Å². The zero-order valence-corrected chi connectivity index (χ0v) is 16.2. The maximum absolute atomic E-state index is 12.6. The van der Waals surface area contributed by atoms with Gasteiger partial charge in [-0.3, -0.25) is 9.78 Å². The van der Waals surface area contributed by atoms with E-state index in [0.29, 0.717) is 26.3 Å². The number of amides is 1. The summed E-state index contributed by atoms with van der Waals surface area (Å²) in [6, 6.07) is 8.86. The van der Waals surface area contributed by atoms with Gasteiger partial charge in [0.05, 0.1) is 34.8 Å². The average Bonchev–Trinajstić information content (AvgIpc) is 3.14. The Bertz CT molecular complexity index is 1000. The number of halogens is 1. The molecule has 0 aliphatic carbocycles. The molecule has 8 heteroatoms. The molecular weight excluding hydrogens is 386 g/mol. The second-order valence-electron chi connectivity index (χ2n) is 5.54. The first-order valence-electron chi connectivity index (χ1n) is 8.15. The van der Waals surface area contributed by atoms with Crippen molar-refractivity contribution in [3.63, 3.8) is 0 Å². The predicted molar refractivity (Wildman–Crippen MR) is 105 cm³/mol. The van der Waals surface area contributed by atoms with Gasteiger partial charge in [0.2, 0.25) is 0 Å². The zero-order chi connectivity index (χ0) is 19.4. The van der Waals surface area contributed by atoms with Crippen LogP contribution in [0.4, 0.5) is 5.69 Å². The first kappa shape index (κ1) is 19.0. The van der Waals surface area contributed by atoms with Gasteiger partial charge in [-0.15, -0.1) is 11.3 Å². The number of anilines is 1. The molecule has 1 aromatic carbocycles. The van der Waals surface area contributed by atoms with Crippen LogP contribution in [0.25, 0.3) is 10.6 Å². The predicted octanol–water partition coefficient (Wildman–Crippen LogP) is 4.60. The van der Waals surface area contributed by atoms with Crippen LogP contribution in [0, 0.1) is 6.92 Å². The van der Waals surface area contributed by atoms with Crippen LogP contribution in [0.3, 0.4) is 0 Å². The van der Waals surface area contributed by atoms with Gasteiger partial charge in [-0.25, -0.2) is 9.78 Å². The highest BCUT2D eigenvalue weighted by Crippen LogP contribution is 2.31. The summed E-state index contributed by atoms with van der Waals surface area (Å²) >= 11 is 7.42. The van der Waals surface area contributed by atoms with Crippen molar-refractivity contribution in [2.24, 2.45) is 0 Å². The quantitative estimate of drug-likeness (QED) is 0.632. The molecule has 0 atom stereocenters. The molecule has 27 heavy (non-hydrogen) atoms. The van der Waals surface area contributed by atoms with Gasteiger partial charge >= 0.3 is 5.97 Å². The summed E-state index contributed by atoms with van der Waals surface area (Å²) in [7, 11) is 0. The number of hydrogen-bond acceptors (Lipinski definition) is 6. The van der Waals surface area contributed by atoms with Gasteiger partial charge in [0, 0.05) is 11.8 Å². The number of thiazole rings is 1. The summed E-state index contributed by atoms with van der Waals surface area (Å²) < 4.78 is 4.96. The number of hydrogen-bond donors (Lipinski definition) is 1. The molecule has 0 saturated heterocycles. The van der Waals surface area contributed by atoms with E-state index in [4.69, 9.17) is 16.3 Å². The highest BCUT2D eigenvalue weighted by molar-refractivity contribution is 7.17. The SMILES string of the molecule is CCOC(=O)c1cnc(C)c(NC(=O)c2cnc(-c3ccccc3Cl)s2)c1. The summed E-state index contributed by atoms with van der Waals surface area (Å²) in [6.45, 7) is 3.73. The molecular formula is C19H16ClN3O3S. The summed E-state index contributed by atoms with van der Waals surface area (Å²) in [6.07, 6.45) is 2.92. The molecule has 1 amide bonds. The number of pyridine rings is 1. The van der Waals surface area contributed by atoms with Crippen LogP contribution >= 0.6 is 22.9 Å². The van der Waals surface area contributed by atoms with Crippen molar-refractivity contribution >= 4 is 40.5 Å². The van der Waals surface area contributed by atoms with Gasteiger partial charge in [-0.05, 0) is 26.0 Å². The Labute approximate surface area is 165 Å². The third kappa shape index (κ3) is 4.32. The molecule has 0 aliphatic rings. The minimum atomic E-state index is -0.487. The Morgan fingerprint density at radius 3 is 2.74 bits per heavy atom. The Morgan fingerprint density at radius 1 is 1.22 bits per heavy atom. The molecule has 138 valence electrons. The molecule has 0 bridgehead atoms. The highest BCUT2D eigenvalue weighted by Gasteiger charge is 2.16. The number of aryl methyl sites for hydroxylation is 1. The van der Waals surface area contributed by atoms with Gasteiger partial charge in [0.1, 0.15) is 9.88 Å². The summed E-state index contributed by atoms with van der Waals surface area (Å²) in [5.41, 5.74) is 2.08. The molecule has 0 fully saturated rings. The minimum absolute atomic E-state index is 0.264. The van der Waals surface area contributed by atoms with Crippen LogP contribution < -0.4 is 5.32 Å². The van der Waals surface area contributed by atoms with Crippen LogP contribution in [0.2, 0.25) is 5.02 Å². The topological polar surface area (TPSA) is 81.2 Å². The van der Waals surface area contributed by atoms with Crippen molar-refractivity contribution in [1.82, 2.24) is 9.97 Å². The molecule has 3 aromatic rings. The van der Waals surface area contributed by atoms with Gasteiger partial charge in [-0.2, -0.15) is 0 Å². The molecule has 0 saturated carbocycles. The molecule has 6 nitrogen and oxygen atoms in total. The molecule has 0 radical (unpaired) electrons. The second-order valence-corrected chi connectivity index (χ2v) is 6.98. The molecule has 0 aliphatic heterocycles. The fourth-order valence-corrected chi connectivity index (χ4v) is 3.44. The van der Waals surface area contributed by atoms with E-state index in [2.05, 4.69) is 15.3 Å². The number of nitrogens with zero attached hydrogens (tertiary/aromatic N) is 2. The van der Waals surface area contributed by atoms with Crippen LogP contribution in [0.5, 0.6) is 0 Å². The van der Waals surface area contributed by atoms with Crippen molar-refractivity contribution in [3.05, 3.63) is 63.9 Å². The molecule has 2 aromatic heterocycles. The Morgan fingerprint density at radius 2 is 2.00 bits per heavy atom. The zero-order valence-electron chi connectivity index (χ0n) is 14.7. The average molecular weight is 402 g/mol. The number of esters is 1. The number of rotatable bonds is 5. The van der Waals surface area contributed by atoms with Gasteiger partial charge in [-0.1, -0.05) is 29.8 Å². The number of ether oxygens (including phenoxy) is 1. The minimum Gasteiger partial charge on any atom is -0.462 e. The third-order valence-electron chi connectivity index (χ3n) is 3.68. The first-order valence-corrected chi connectivity index (χ1v) is 9.35. The van der Waals surface area contributed by atoms with Gasteiger partial charge < -0.3 is 10.1 Å². The van der Waals surface area contributed by atoms with Crippen molar-refractivity contribution < 1.29 is 14.3 Å². The standard InChI is InChI=1S/C19H16ClN3O3S/c1-3-26-19(25)12-8-15(11(2)21-9-12)23-17(24)16-10-22-18(27-16)13-6-4-5-7-14(13)20/h4-10H,3H2,1-2H3,(H,23,24). The largest absolute Gasteiger partial charge is 0.462 e. The maximum Gasteiger partial charge on any atom is 0.339 e. The van der Waals surface area contributed by atoms with E-state index in [0.717, 1.165) is 5.56 Å². The van der Waals surface area contributed by atoms with Crippen molar-refractivity contribution in [2.45, 2.75) is 13.8 Å². The molecule has 0 spiro atoms. The number of benzene rings is 1. The maximum atomic E-state index is 12.6. The number of nitrogens with one attached hydrogen (secondary N) is 1. The van der Waals surface area contributed by atoms with Crippen molar-refractivity contribution in [1.29, 1.82) is 0 Å².